The summed E-state index contributed by atoms with van der Waals surface area (Å²) in [5.41, 5.74) is 0.782. The number of carbonyl (C=O) groups is 2. The third kappa shape index (κ3) is 3.23. The van der Waals surface area contributed by atoms with Crippen LogP contribution < -0.4 is 0 Å². The van der Waals surface area contributed by atoms with Crippen LogP contribution in [-0.2, 0) is 19.1 Å². The second-order valence-corrected chi connectivity index (χ2v) is 4.82. The number of carbonyl (C=O) groups excluding carboxylic acids is 1. The van der Waals surface area contributed by atoms with Gasteiger partial charge in [-0.15, -0.1) is 0 Å². The number of aldehydes is 1. The molecule has 0 aliphatic carbocycles. The van der Waals surface area contributed by atoms with Crippen LogP contribution in [0.2, 0.25) is 0 Å². The highest BCUT2D eigenvalue weighted by atomic mass is 16.7. The predicted octanol–water partition coefficient (Wildman–Crippen LogP) is 2.17. The lowest BCUT2D eigenvalue weighted by molar-refractivity contribution is -0.250. The second kappa shape index (κ2) is 6.63. The van der Waals surface area contributed by atoms with Crippen LogP contribution in [0.4, 0.5) is 0 Å². The van der Waals surface area contributed by atoms with Crippen molar-refractivity contribution in [1.29, 1.82) is 0 Å². The number of rotatable bonds is 5. The van der Waals surface area contributed by atoms with Gasteiger partial charge in [0.15, 0.2) is 6.29 Å². The molecule has 1 fully saturated rings. The van der Waals surface area contributed by atoms with Crippen molar-refractivity contribution >= 4 is 12.3 Å². The molecule has 5 heteroatoms. The van der Waals surface area contributed by atoms with Gasteiger partial charge in [-0.1, -0.05) is 37.3 Å². The van der Waals surface area contributed by atoms with Gasteiger partial charge in [0.25, 0.3) is 0 Å². The van der Waals surface area contributed by atoms with Gasteiger partial charge in [0.2, 0.25) is 0 Å². The fourth-order valence-electron chi connectivity index (χ4n) is 2.40. The van der Waals surface area contributed by atoms with Gasteiger partial charge in [-0.05, 0) is 6.42 Å². The summed E-state index contributed by atoms with van der Waals surface area (Å²) >= 11 is 0. The highest BCUT2D eigenvalue weighted by molar-refractivity contribution is 5.71. The molecule has 0 amide bonds. The number of ether oxygens (including phenoxy) is 2. The molecule has 1 heterocycles. The number of hydrogen-bond donors (Lipinski definition) is 1. The minimum atomic E-state index is -0.907. The molecule has 1 aromatic rings. The summed E-state index contributed by atoms with van der Waals surface area (Å²) < 4.78 is 11.3. The van der Waals surface area contributed by atoms with Crippen molar-refractivity contribution in [2.45, 2.75) is 38.3 Å². The topological polar surface area (TPSA) is 72.8 Å². The van der Waals surface area contributed by atoms with Crippen molar-refractivity contribution < 1.29 is 24.2 Å². The van der Waals surface area contributed by atoms with Crippen LogP contribution in [0.15, 0.2) is 30.3 Å². The van der Waals surface area contributed by atoms with E-state index in [0.29, 0.717) is 12.7 Å². The molecular weight excluding hydrogens is 260 g/mol. The Morgan fingerprint density at radius 1 is 1.40 bits per heavy atom. The SMILES string of the molecule is CCC(C(=O)O)[C@H]1C[C@@H](C=O)O[C@@H](c2ccccc2)O1. The Morgan fingerprint density at radius 2 is 2.10 bits per heavy atom. The second-order valence-electron chi connectivity index (χ2n) is 4.82. The zero-order valence-corrected chi connectivity index (χ0v) is 11.3. The van der Waals surface area contributed by atoms with Crippen LogP contribution in [0.5, 0.6) is 0 Å². The third-order valence-corrected chi connectivity index (χ3v) is 3.49. The highest BCUT2D eigenvalue weighted by Crippen LogP contribution is 2.33. The van der Waals surface area contributed by atoms with E-state index in [1.54, 1.807) is 6.92 Å². The molecule has 5 nitrogen and oxygen atoms in total. The molecule has 0 bridgehead atoms. The van der Waals surface area contributed by atoms with Crippen LogP contribution in [0.25, 0.3) is 0 Å². The fourth-order valence-corrected chi connectivity index (χ4v) is 2.40. The quantitative estimate of drug-likeness (QED) is 0.836. The van der Waals surface area contributed by atoms with E-state index in [1.165, 1.54) is 0 Å². The van der Waals surface area contributed by atoms with Crippen molar-refractivity contribution in [3.8, 4) is 0 Å². The van der Waals surface area contributed by atoms with Gasteiger partial charge in [-0.3, -0.25) is 4.79 Å². The zero-order chi connectivity index (χ0) is 14.5. The zero-order valence-electron chi connectivity index (χ0n) is 11.3. The van der Waals surface area contributed by atoms with Crippen LogP contribution in [0, 0.1) is 5.92 Å². The smallest absolute Gasteiger partial charge is 0.309 e. The Morgan fingerprint density at radius 3 is 2.65 bits per heavy atom. The van der Waals surface area contributed by atoms with E-state index in [4.69, 9.17) is 9.47 Å². The number of carboxylic acids is 1. The first-order valence-corrected chi connectivity index (χ1v) is 6.69. The average Bonchev–Trinajstić information content (AvgIpc) is 2.48. The third-order valence-electron chi connectivity index (χ3n) is 3.49. The number of hydrogen-bond acceptors (Lipinski definition) is 4. The highest BCUT2D eigenvalue weighted by Gasteiger charge is 2.37. The lowest BCUT2D eigenvalue weighted by Gasteiger charge is -2.36. The van der Waals surface area contributed by atoms with Gasteiger partial charge < -0.3 is 19.4 Å². The molecule has 0 aromatic heterocycles. The van der Waals surface area contributed by atoms with Gasteiger partial charge in [0.05, 0.1) is 12.0 Å². The van der Waals surface area contributed by atoms with Crippen LogP contribution in [-0.4, -0.2) is 29.6 Å². The van der Waals surface area contributed by atoms with E-state index in [0.717, 1.165) is 5.56 Å². The summed E-state index contributed by atoms with van der Waals surface area (Å²) in [6.45, 7) is 1.80. The van der Waals surface area contributed by atoms with Crippen molar-refractivity contribution in [3.63, 3.8) is 0 Å². The maximum absolute atomic E-state index is 11.3. The molecule has 1 aliphatic heterocycles. The molecule has 1 N–H and O–H groups in total. The van der Waals surface area contributed by atoms with E-state index in [1.807, 2.05) is 30.3 Å². The van der Waals surface area contributed by atoms with Gasteiger partial charge >= 0.3 is 5.97 Å². The maximum Gasteiger partial charge on any atom is 0.309 e. The van der Waals surface area contributed by atoms with Crippen molar-refractivity contribution in [3.05, 3.63) is 35.9 Å². The van der Waals surface area contributed by atoms with Crippen molar-refractivity contribution in [2.24, 2.45) is 5.92 Å². The van der Waals surface area contributed by atoms with Crippen LogP contribution in [0.3, 0.4) is 0 Å². The molecule has 108 valence electrons. The number of aliphatic carboxylic acids is 1. The lowest BCUT2D eigenvalue weighted by atomic mass is 9.94. The van der Waals surface area contributed by atoms with Crippen LogP contribution >= 0.6 is 0 Å². The summed E-state index contributed by atoms with van der Waals surface area (Å²) in [5, 5.41) is 9.23. The molecule has 0 radical (unpaired) electrons. The number of carboxylic acid groups (broad SMARTS) is 1. The summed E-state index contributed by atoms with van der Waals surface area (Å²) in [6.07, 6.45) is -0.414. The van der Waals surface area contributed by atoms with E-state index < -0.39 is 30.4 Å². The predicted molar refractivity (Wildman–Crippen MR) is 71.0 cm³/mol. The molecule has 0 saturated carbocycles. The van der Waals surface area contributed by atoms with E-state index in [9.17, 15) is 14.7 Å². The standard InChI is InChI=1S/C15H18O5/c1-2-12(14(17)18)13-8-11(9-16)19-15(20-13)10-6-4-3-5-7-10/h3-7,9,11-13,15H,2,8H2,1H3,(H,17,18)/t11-,12?,13+,15+/m0/s1. The van der Waals surface area contributed by atoms with Gasteiger partial charge in [0.1, 0.15) is 12.4 Å². The normalized spacial score (nSPS) is 27.8. The first-order chi connectivity index (χ1) is 9.65. The Balaban J connectivity index is 2.19. The van der Waals surface area contributed by atoms with Gasteiger partial charge in [-0.25, -0.2) is 0 Å². The average molecular weight is 278 g/mol. The first kappa shape index (κ1) is 14.7. The molecule has 20 heavy (non-hydrogen) atoms. The molecule has 0 spiro atoms. The minimum absolute atomic E-state index is 0.275. The summed E-state index contributed by atoms with van der Waals surface area (Å²) in [5.74, 6) is -1.54. The van der Waals surface area contributed by atoms with Gasteiger partial charge in [0, 0.05) is 12.0 Å². The summed E-state index contributed by atoms with van der Waals surface area (Å²) in [6, 6.07) is 9.21. The van der Waals surface area contributed by atoms with Gasteiger partial charge in [-0.2, -0.15) is 0 Å². The molecule has 4 atom stereocenters. The molecule has 2 rings (SSSR count). The minimum Gasteiger partial charge on any atom is -0.481 e. The summed E-state index contributed by atoms with van der Waals surface area (Å²) in [7, 11) is 0. The Hall–Kier alpha value is -1.72. The van der Waals surface area contributed by atoms with Crippen LogP contribution in [0.1, 0.15) is 31.6 Å². The lowest BCUT2D eigenvalue weighted by Crippen LogP contribution is -2.41. The fraction of sp³-hybridized carbons (Fsp3) is 0.467. The molecule has 1 aliphatic rings. The monoisotopic (exact) mass is 278 g/mol. The van der Waals surface area contributed by atoms with E-state index >= 15 is 0 Å². The molecule has 1 saturated heterocycles. The number of benzene rings is 1. The van der Waals surface area contributed by atoms with Crippen molar-refractivity contribution in [2.75, 3.05) is 0 Å². The first-order valence-electron chi connectivity index (χ1n) is 6.69. The maximum atomic E-state index is 11.3. The van der Waals surface area contributed by atoms with Crippen molar-refractivity contribution in [1.82, 2.24) is 0 Å². The Labute approximate surface area is 117 Å². The Kier molecular flexibility index (Phi) is 4.87. The van der Waals surface area contributed by atoms with E-state index in [2.05, 4.69) is 0 Å². The molecule has 1 aromatic carbocycles. The molecular formula is C15H18O5. The summed E-state index contributed by atoms with van der Waals surface area (Å²) in [4.78, 5) is 22.3. The Bertz CT molecular complexity index is 459. The van der Waals surface area contributed by atoms with E-state index in [-0.39, 0.29) is 6.42 Å². The largest absolute Gasteiger partial charge is 0.481 e. The molecule has 1 unspecified atom stereocenters.